The van der Waals surface area contributed by atoms with Gasteiger partial charge in [0.15, 0.2) is 0 Å². The van der Waals surface area contributed by atoms with Crippen LogP contribution in [0.15, 0.2) is 54.7 Å². The first-order valence-corrected chi connectivity index (χ1v) is 9.40. The minimum absolute atomic E-state index is 0.266. The van der Waals surface area contributed by atoms with E-state index >= 15 is 0 Å². The number of para-hydroxylation sites is 1. The lowest BCUT2D eigenvalue weighted by Gasteiger charge is -2.14. The number of pyridine rings is 1. The number of hydrogen-bond donors (Lipinski definition) is 2. The van der Waals surface area contributed by atoms with E-state index in [1.54, 1.807) is 50.7 Å². The summed E-state index contributed by atoms with van der Waals surface area (Å²) in [4.78, 5) is 17.0. The van der Waals surface area contributed by atoms with Crippen LogP contribution in [-0.2, 0) is 6.42 Å². The molecule has 0 saturated heterocycles. The van der Waals surface area contributed by atoms with Crippen LogP contribution in [0.1, 0.15) is 28.4 Å². The Balaban J connectivity index is 1.75. The summed E-state index contributed by atoms with van der Waals surface area (Å²) in [5, 5.41) is 6.21. The number of aryl methyl sites for hydroxylation is 2. The van der Waals surface area contributed by atoms with Crippen LogP contribution in [0.5, 0.6) is 11.5 Å². The van der Waals surface area contributed by atoms with Crippen LogP contribution < -0.4 is 20.1 Å². The molecule has 0 atom stereocenters. The lowest BCUT2D eigenvalue weighted by molar-refractivity contribution is 0.102. The van der Waals surface area contributed by atoms with Gasteiger partial charge in [-0.15, -0.1) is 0 Å². The normalized spacial score (nSPS) is 10.3. The highest BCUT2D eigenvalue weighted by Crippen LogP contribution is 2.29. The van der Waals surface area contributed by atoms with Crippen molar-refractivity contribution in [3.05, 3.63) is 71.4 Å². The summed E-state index contributed by atoms with van der Waals surface area (Å²) in [6.07, 6.45) is 2.48. The van der Waals surface area contributed by atoms with Crippen molar-refractivity contribution in [1.82, 2.24) is 4.98 Å². The maximum Gasteiger partial charge on any atom is 0.257 e. The van der Waals surface area contributed by atoms with Crippen molar-refractivity contribution >= 4 is 23.1 Å². The summed E-state index contributed by atoms with van der Waals surface area (Å²) in [5.41, 5.74) is 4.45. The van der Waals surface area contributed by atoms with Crippen LogP contribution in [0.2, 0.25) is 0 Å². The molecule has 0 fully saturated rings. The van der Waals surface area contributed by atoms with E-state index in [0.29, 0.717) is 28.6 Å². The number of nitrogens with one attached hydrogen (secondary N) is 2. The molecule has 3 aromatic rings. The predicted octanol–water partition coefficient (Wildman–Crippen LogP) is 4.97. The maximum absolute atomic E-state index is 12.6. The molecule has 3 rings (SSSR count). The monoisotopic (exact) mass is 391 g/mol. The molecular formula is C23H25N3O3. The molecule has 6 heteroatoms. The molecule has 0 aliphatic heterocycles. The number of anilines is 3. The van der Waals surface area contributed by atoms with Crippen molar-refractivity contribution in [3.63, 3.8) is 0 Å². The standard InChI is InChI=1S/C23H25N3O3/c1-5-16-8-6-7-15(2)22(16)26-21-12-9-17(14-24-21)23(27)25-19-11-10-18(28-3)13-20(19)29-4/h6-14H,5H2,1-4H3,(H,24,26)(H,25,27). The second kappa shape index (κ2) is 9.10. The molecule has 1 aromatic heterocycles. The SMILES string of the molecule is CCc1cccc(C)c1Nc1ccc(C(=O)Nc2ccc(OC)cc2OC)cn1. The molecule has 2 N–H and O–H groups in total. The van der Waals surface area contributed by atoms with Gasteiger partial charge < -0.3 is 20.1 Å². The maximum atomic E-state index is 12.6. The quantitative estimate of drug-likeness (QED) is 0.595. The fourth-order valence-electron chi connectivity index (χ4n) is 3.03. The number of methoxy groups -OCH3 is 2. The summed E-state index contributed by atoms with van der Waals surface area (Å²) in [6.45, 7) is 4.18. The Morgan fingerprint density at radius 3 is 2.55 bits per heavy atom. The minimum Gasteiger partial charge on any atom is -0.497 e. The van der Waals surface area contributed by atoms with E-state index in [4.69, 9.17) is 9.47 Å². The summed E-state index contributed by atoms with van der Waals surface area (Å²) in [6, 6.07) is 15.0. The van der Waals surface area contributed by atoms with Gasteiger partial charge in [0.25, 0.3) is 5.91 Å². The number of carbonyl (C=O) groups excluding carboxylic acids is 1. The molecule has 1 amide bonds. The molecule has 0 aliphatic carbocycles. The average Bonchev–Trinajstić information content (AvgIpc) is 2.75. The predicted molar refractivity (Wildman–Crippen MR) is 116 cm³/mol. The Bertz CT molecular complexity index is 1000. The van der Waals surface area contributed by atoms with Gasteiger partial charge in [-0.05, 0) is 48.7 Å². The molecular weight excluding hydrogens is 366 g/mol. The Labute approximate surface area is 170 Å². The zero-order chi connectivity index (χ0) is 20.8. The van der Waals surface area contributed by atoms with Gasteiger partial charge in [0.1, 0.15) is 17.3 Å². The molecule has 0 aliphatic rings. The molecule has 0 spiro atoms. The van der Waals surface area contributed by atoms with Gasteiger partial charge in [-0.1, -0.05) is 25.1 Å². The number of ether oxygens (including phenoxy) is 2. The number of benzene rings is 2. The molecule has 150 valence electrons. The Morgan fingerprint density at radius 2 is 1.90 bits per heavy atom. The van der Waals surface area contributed by atoms with Crippen molar-refractivity contribution in [3.8, 4) is 11.5 Å². The lowest BCUT2D eigenvalue weighted by Crippen LogP contribution is -2.13. The molecule has 0 bridgehead atoms. The van der Waals surface area contributed by atoms with Gasteiger partial charge in [0.2, 0.25) is 0 Å². The van der Waals surface area contributed by atoms with Crippen molar-refractivity contribution in [2.24, 2.45) is 0 Å². The fourth-order valence-corrected chi connectivity index (χ4v) is 3.03. The number of nitrogens with zero attached hydrogens (tertiary/aromatic N) is 1. The highest BCUT2D eigenvalue weighted by molar-refractivity contribution is 6.05. The molecule has 2 aromatic carbocycles. The summed E-state index contributed by atoms with van der Waals surface area (Å²) >= 11 is 0. The Morgan fingerprint density at radius 1 is 1.07 bits per heavy atom. The third kappa shape index (κ3) is 4.66. The minimum atomic E-state index is -0.266. The molecule has 0 unspecified atom stereocenters. The van der Waals surface area contributed by atoms with Crippen LogP contribution in [0.25, 0.3) is 0 Å². The Hall–Kier alpha value is -3.54. The van der Waals surface area contributed by atoms with E-state index in [0.717, 1.165) is 17.7 Å². The summed E-state index contributed by atoms with van der Waals surface area (Å²) < 4.78 is 10.5. The molecule has 29 heavy (non-hydrogen) atoms. The number of rotatable bonds is 7. The molecule has 6 nitrogen and oxygen atoms in total. The molecule has 0 radical (unpaired) electrons. The van der Waals surface area contributed by atoms with E-state index in [9.17, 15) is 4.79 Å². The summed E-state index contributed by atoms with van der Waals surface area (Å²) in [7, 11) is 3.12. The van der Waals surface area contributed by atoms with Gasteiger partial charge >= 0.3 is 0 Å². The van der Waals surface area contributed by atoms with Crippen molar-refractivity contribution in [2.75, 3.05) is 24.9 Å². The first-order valence-electron chi connectivity index (χ1n) is 9.40. The van der Waals surface area contributed by atoms with Crippen molar-refractivity contribution in [1.29, 1.82) is 0 Å². The van der Waals surface area contributed by atoms with Gasteiger partial charge in [0, 0.05) is 18.0 Å². The fraction of sp³-hybridized carbons (Fsp3) is 0.217. The van der Waals surface area contributed by atoms with Gasteiger partial charge in [-0.25, -0.2) is 4.98 Å². The summed E-state index contributed by atoms with van der Waals surface area (Å²) in [5.74, 6) is 1.60. The Kier molecular flexibility index (Phi) is 6.34. The van der Waals surface area contributed by atoms with Crippen LogP contribution in [0.4, 0.5) is 17.2 Å². The van der Waals surface area contributed by atoms with E-state index in [1.807, 2.05) is 6.07 Å². The number of amides is 1. The highest BCUT2D eigenvalue weighted by atomic mass is 16.5. The van der Waals surface area contributed by atoms with Crippen LogP contribution in [0.3, 0.4) is 0 Å². The number of carbonyl (C=O) groups is 1. The first kappa shape index (κ1) is 20.2. The third-order valence-electron chi connectivity index (χ3n) is 4.68. The van der Waals surface area contributed by atoms with Crippen LogP contribution in [-0.4, -0.2) is 25.1 Å². The number of hydrogen-bond acceptors (Lipinski definition) is 5. The van der Waals surface area contributed by atoms with Crippen molar-refractivity contribution in [2.45, 2.75) is 20.3 Å². The second-order valence-electron chi connectivity index (χ2n) is 6.54. The van der Waals surface area contributed by atoms with Gasteiger partial charge in [0.05, 0.1) is 25.5 Å². The smallest absolute Gasteiger partial charge is 0.257 e. The zero-order valence-corrected chi connectivity index (χ0v) is 17.1. The van der Waals surface area contributed by atoms with Crippen LogP contribution in [0, 0.1) is 6.92 Å². The molecule has 1 heterocycles. The third-order valence-corrected chi connectivity index (χ3v) is 4.68. The van der Waals surface area contributed by atoms with E-state index in [1.165, 1.54) is 5.56 Å². The van der Waals surface area contributed by atoms with E-state index in [2.05, 4.69) is 41.6 Å². The van der Waals surface area contributed by atoms with E-state index < -0.39 is 0 Å². The zero-order valence-electron chi connectivity index (χ0n) is 17.1. The van der Waals surface area contributed by atoms with Gasteiger partial charge in [-0.2, -0.15) is 0 Å². The van der Waals surface area contributed by atoms with Crippen molar-refractivity contribution < 1.29 is 14.3 Å². The largest absolute Gasteiger partial charge is 0.497 e. The topological polar surface area (TPSA) is 72.5 Å². The van der Waals surface area contributed by atoms with Gasteiger partial charge in [-0.3, -0.25) is 4.79 Å². The average molecular weight is 391 g/mol. The lowest BCUT2D eigenvalue weighted by atomic mass is 10.1. The second-order valence-corrected chi connectivity index (χ2v) is 6.54. The highest BCUT2D eigenvalue weighted by Gasteiger charge is 2.12. The van der Waals surface area contributed by atoms with E-state index in [-0.39, 0.29) is 5.91 Å². The molecule has 0 saturated carbocycles. The number of aromatic nitrogens is 1. The first-order chi connectivity index (χ1) is 14.0. The van der Waals surface area contributed by atoms with Crippen LogP contribution >= 0.6 is 0 Å².